The highest BCUT2D eigenvalue weighted by molar-refractivity contribution is 5.89. The van der Waals surface area contributed by atoms with Crippen LogP contribution in [-0.4, -0.2) is 30.9 Å². The summed E-state index contributed by atoms with van der Waals surface area (Å²) in [5.74, 6) is 0.168. The van der Waals surface area contributed by atoms with Crippen LogP contribution in [0.15, 0.2) is 18.2 Å². The lowest BCUT2D eigenvalue weighted by Gasteiger charge is -2.14. The molecule has 1 aromatic rings. The summed E-state index contributed by atoms with van der Waals surface area (Å²) in [7, 11) is 1.42. The van der Waals surface area contributed by atoms with Crippen LogP contribution >= 0.6 is 0 Å². The van der Waals surface area contributed by atoms with Gasteiger partial charge in [0.1, 0.15) is 11.6 Å². The summed E-state index contributed by atoms with van der Waals surface area (Å²) in [5.41, 5.74) is 0.290. The Kier molecular flexibility index (Phi) is 6.24. The number of carbonyl (C=O) groups excluding carboxylic acids is 1. The third-order valence-corrected chi connectivity index (χ3v) is 2.61. The number of carbonyl (C=O) groups is 1. The van der Waals surface area contributed by atoms with E-state index in [1.54, 1.807) is 0 Å². The monoisotopic (exact) mass is 284 g/mol. The van der Waals surface area contributed by atoms with E-state index in [4.69, 9.17) is 4.74 Å². The fourth-order valence-corrected chi connectivity index (χ4v) is 1.77. The molecule has 0 saturated carbocycles. The van der Waals surface area contributed by atoms with Gasteiger partial charge >= 0.3 is 6.03 Å². The molecule has 0 saturated heterocycles. The van der Waals surface area contributed by atoms with E-state index < -0.39 is 18.0 Å². The van der Waals surface area contributed by atoms with E-state index in [-0.39, 0.29) is 12.2 Å². The molecule has 6 heteroatoms. The van der Waals surface area contributed by atoms with E-state index in [2.05, 4.69) is 10.6 Å². The number of halogens is 1. The number of amides is 2. The van der Waals surface area contributed by atoms with Crippen molar-refractivity contribution in [3.8, 4) is 5.75 Å². The molecular formula is C14H21FN2O3. The van der Waals surface area contributed by atoms with E-state index in [0.717, 1.165) is 0 Å². The minimum atomic E-state index is -0.595. The molecule has 1 aromatic carbocycles. The van der Waals surface area contributed by atoms with E-state index in [9.17, 15) is 14.3 Å². The average Bonchev–Trinajstić information content (AvgIpc) is 2.34. The Bertz CT molecular complexity index is 452. The molecule has 0 aliphatic heterocycles. The van der Waals surface area contributed by atoms with Crippen molar-refractivity contribution in [3.63, 3.8) is 0 Å². The molecular weight excluding hydrogens is 263 g/mol. The first kappa shape index (κ1) is 16.2. The molecule has 0 spiro atoms. The Morgan fingerprint density at radius 2 is 2.10 bits per heavy atom. The largest absolute Gasteiger partial charge is 0.497 e. The first-order valence-electron chi connectivity index (χ1n) is 6.48. The van der Waals surface area contributed by atoms with E-state index in [1.165, 1.54) is 25.3 Å². The molecule has 0 aliphatic rings. The highest BCUT2D eigenvalue weighted by atomic mass is 19.1. The van der Waals surface area contributed by atoms with Gasteiger partial charge in [-0.05, 0) is 18.4 Å². The van der Waals surface area contributed by atoms with Crippen molar-refractivity contribution in [2.75, 3.05) is 19.0 Å². The maximum atomic E-state index is 13.2. The smallest absolute Gasteiger partial charge is 0.319 e. The van der Waals surface area contributed by atoms with Gasteiger partial charge in [0.25, 0.3) is 0 Å². The van der Waals surface area contributed by atoms with Crippen LogP contribution in [0.1, 0.15) is 20.3 Å². The number of hydrogen-bond acceptors (Lipinski definition) is 3. The van der Waals surface area contributed by atoms with Gasteiger partial charge in [-0.25, -0.2) is 9.18 Å². The molecule has 20 heavy (non-hydrogen) atoms. The predicted molar refractivity (Wildman–Crippen MR) is 75.4 cm³/mol. The summed E-state index contributed by atoms with van der Waals surface area (Å²) in [6.45, 7) is 4.13. The number of nitrogens with one attached hydrogen (secondary N) is 2. The maximum absolute atomic E-state index is 13.2. The van der Waals surface area contributed by atoms with Gasteiger partial charge < -0.3 is 20.5 Å². The quantitative estimate of drug-likeness (QED) is 0.751. The van der Waals surface area contributed by atoms with Crippen molar-refractivity contribution >= 4 is 11.7 Å². The van der Waals surface area contributed by atoms with Gasteiger partial charge in [0.05, 0.1) is 13.2 Å². The fourth-order valence-electron chi connectivity index (χ4n) is 1.77. The number of ether oxygens (including phenoxy) is 1. The Morgan fingerprint density at radius 1 is 1.40 bits per heavy atom. The number of anilines is 1. The lowest BCUT2D eigenvalue weighted by molar-refractivity contribution is 0.148. The molecule has 2 amide bonds. The van der Waals surface area contributed by atoms with Crippen molar-refractivity contribution in [3.05, 3.63) is 24.0 Å². The first-order chi connectivity index (χ1) is 9.40. The normalized spacial score (nSPS) is 12.1. The molecule has 1 rings (SSSR count). The predicted octanol–water partition coefficient (Wildman–Crippen LogP) is 2.36. The third-order valence-electron chi connectivity index (χ3n) is 2.61. The van der Waals surface area contributed by atoms with Gasteiger partial charge in [0.15, 0.2) is 0 Å². The van der Waals surface area contributed by atoms with Crippen LogP contribution in [0, 0.1) is 11.7 Å². The topological polar surface area (TPSA) is 70.6 Å². The minimum Gasteiger partial charge on any atom is -0.497 e. The number of aliphatic hydroxyl groups excluding tert-OH is 1. The van der Waals surface area contributed by atoms with Crippen LogP contribution in [0.5, 0.6) is 5.75 Å². The van der Waals surface area contributed by atoms with Gasteiger partial charge in [-0.1, -0.05) is 13.8 Å². The Labute approximate surface area is 118 Å². The number of benzene rings is 1. The second-order valence-corrected chi connectivity index (χ2v) is 5.00. The van der Waals surface area contributed by atoms with Crippen molar-refractivity contribution in [2.45, 2.75) is 26.4 Å². The standard InChI is InChI=1S/C14H21FN2O3/c1-9(2)4-12(18)8-16-14(19)17-11-5-10(15)6-13(7-11)20-3/h5-7,9,12,18H,4,8H2,1-3H3,(H2,16,17,19). The van der Waals surface area contributed by atoms with Crippen LogP contribution in [0.4, 0.5) is 14.9 Å². The second-order valence-electron chi connectivity index (χ2n) is 5.00. The molecule has 0 aliphatic carbocycles. The molecule has 5 nitrogen and oxygen atoms in total. The Hall–Kier alpha value is -1.82. The molecule has 1 unspecified atom stereocenters. The summed E-state index contributed by atoms with van der Waals surface area (Å²) in [6, 6.07) is 3.41. The van der Waals surface area contributed by atoms with Gasteiger partial charge in [-0.3, -0.25) is 0 Å². The van der Waals surface area contributed by atoms with Crippen LogP contribution in [0.2, 0.25) is 0 Å². The van der Waals surface area contributed by atoms with Crippen molar-refractivity contribution < 1.29 is 19.0 Å². The zero-order valence-electron chi connectivity index (χ0n) is 11.9. The number of urea groups is 1. The fraction of sp³-hybridized carbons (Fsp3) is 0.500. The van der Waals surface area contributed by atoms with Crippen molar-refractivity contribution in [1.82, 2.24) is 5.32 Å². The lowest BCUT2D eigenvalue weighted by Crippen LogP contribution is -2.35. The zero-order chi connectivity index (χ0) is 15.1. The number of aliphatic hydroxyl groups is 1. The number of hydrogen-bond donors (Lipinski definition) is 3. The van der Waals surface area contributed by atoms with Crippen molar-refractivity contribution in [1.29, 1.82) is 0 Å². The molecule has 0 bridgehead atoms. The van der Waals surface area contributed by atoms with Gasteiger partial charge in [0.2, 0.25) is 0 Å². The number of methoxy groups -OCH3 is 1. The Morgan fingerprint density at radius 3 is 2.70 bits per heavy atom. The van der Waals surface area contributed by atoms with Crippen molar-refractivity contribution in [2.24, 2.45) is 5.92 Å². The van der Waals surface area contributed by atoms with Gasteiger partial charge in [-0.2, -0.15) is 0 Å². The zero-order valence-corrected chi connectivity index (χ0v) is 11.9. The highest BCUT2D eigenvalue weighted by Crippen LogP contribution is 2.19. The summed E-state index contributed by atoms with van der Waals surface area (Å²) in [6.07, 6.45) is 0.0106. The summed E-state index contributed by atoms with van der Waals surface area (Å²) in [5, 5.41) is 14.7. The highest BCUT2D eigenvalue weighted by Gasteiger charge is 2.10. The SMILES string of the molecule is COc1cc(F)cc(NC(=O)NCC(O)CC(C)C)c1. The molecule has 0 radical (unpaired) electrons. The van der Waals surface area contributed by atoms with E-state index >= 15 is 0 Å². The lowest BCUT2D eigenvalue weighted by atomic mass is 10.1. The van der Waals surface area contributed by atoms with Crippen LogP contribution in [-0.2, 0) is 0 Å². The van der Waals surface area contributed by atoms with E-state index in [0.29, 0.717) is 18.1 Å². The third kappa shape index (κ3) is 5.88. The van der Waals surface area contributed by atoms with Gasteiger partial charge in [0, 0.05) is 24.4 Å². The molecule has 112 valence electrons. The van der Waals surface area contributed by atoms with E-state index in [1.807, 2.05) is 13.8 Å². The molecule has 0 aromatic heterocycles. The first-order valence-corrected chi connectivity index (χ1v) is 6.48. The minimum absolute atomic E-state index is 0.149. The van der Waals surface area contributed by atoms with Gasteiger partial charge in [-0.15, -0.1) is 0 Å². The second kappa shape index (κ2) is 7.69. The molecule has 1 atom stereocenters. The average molecular weight is 284 g/mol. The molecule has 3 N–H and O–H groups in total. The van der Waals surface area contributed by atoms with Crippen LogP contribution < -0.4 is 15.4 Å². The molecule has 0 fully saturated rings. The van der Waals surface area contributed by atoms with Crippen LogP contribution in [0.3, 0.4) is 0 Å². The molecule has 0 heterocycles. The Balaban J connectivity index is 2.48. The number of rotatable bonds is 6. The summed E-state index contributed by atoms with van der Waals surface area (Å²) in [4.78, 5) is 11.6. The summed E-state index contributed by atoms with van der Waals surface area (Å²) >= 11 is 0. The van der Waals surface area contributed by atoms with Crippen LogP contribution in [0.25, 0.3) is 0 Å². The summed E-state index contributed by atoms with van der Waals surface area (Å²) < 4.78 is 18.1. The maximum Gasteiger partial charge on any atom is 0.319 e.